The van der Waals surface area contributed by atoms with E-state index in [1.807, 2.05) is 0 Å². The fraction of sp³-hybridized carbons (Fsp3) is 0.526. The van der Waals surface area contributed by atoms with Gasteiger partial charge in [-0.3, -0.25) is 33.6 Å². The second kappa shape index (κ2) is 9.77. The van der Waals surface area contributed by atoms with Gasteiger partial charge >= 0.3 is 23.9 Å². The Morgan fingerprint density at radius 3 is 2.18 bits per heavy atom. The monoisotopic (exact) mass is 466 g/mol. The first kappa shape index (κ1) is 23.8. The van der Waals surface area contributed by atoms with E-state index in [1.54, 1.807) is 0 Å². The number of hydrogen-bond acceptors (Lipinski definition) is 12. The van der Waals surface area contributed by atoms with Crippen molar-refractivity contribution in [3.63, 3.8) is 0 Å². The summed E-state index contributed by atoms with van der Waals surface area (Å²) in [6.45, 7) is 4.07. The van der Waals surface area contributed by atoms with Crippen LogP contribution in [0.1, 0.15) is 33.9 Å². The molecule has 1 aliphatic rings. The molecule has 14 heteroatoms. The lowest BCUT2D eigenvalue weighted by Gasteiger charge is -2.44. The normalized spacial score (nSPS) is 24.7. The van der Waals surface area contributed by atoms with Crippen molar-refractivity contribution in [2.75, 3.05) is 6.61 Å². The molecule has 0 aliphatic carbocycles. The minimum absolute atomic E-state index is 0.116. The average molecular weight is 466 g/mol. The molecule has 1 saturated heterocycles. The Morgan fingerprint density at radius 1 is 0.970 bits per heavy atom. The summed E-state index contributed by atoms with van der Waals surface area (Å²) in [7, 11) is 0. The van der Waals surface area contributed by atoms with E-state index < -0.39 is 66.7 Å². The molecule has 33 heavy (non-hydrogen) atoms. The summed E-state index contributed by atoms with van der Waals surface area (Å²) < 4.78 is 28.0. The van der Waals surface area contributed by atoms with Crippen LogP contribution in [0.2, 0.25) is 0 Å². The zero-order valence-electron chi connectivity index (χ0n) is 18.2. The number of carbonyl (C=O) groups excluding carboxylic acids is 4. The largest absolute Gasteiger partial charge is 0.463 e. The lowest BCUT2D eigenvalue weighted by Crippen LogP contribution is -2.61. The zero-order chi connectivity index (χ0) is 24.3. The van der Waals surface area contributed by atoms with Gasteiger partial charge in [0.25, 0.3) is 5.56 Å². The number of rotatable bonds is 6. The third-order valence-electron chi connectivity index (χ3n) is 4.64. The number of hydrogen-bond donors (Lipinski definition) is 1. The number of esters is 4. The first-order valence-corrected chi connectivity index (χ1v) is 9.79. The van der Waals surface area contributed by atoms with E-state index in [1.165, 1.54) is 6.20 Å². The minimum atomic E-state index is -1.42. The first-order valence-electron chi connectivity index (χ1n) is 9.79. The molecule has 178 valence electrons. The zero-order valence-corrected chi connectivity index (χ0v) is 18.2. The molecule has 2 aromatic rings. The lowest BCUT2D eigenvalue weighted by molar-refractivity contribution is -0.269. The van der Waals surface area contributed by atoms with Crippen LogP contribution in [0, 0.1) is 0 Å². The second-order valence-electron chi connectivity index (χ2n) is 7.18. The van der Waals surface area contributed by atoms with Crippen molar-refractivity contribution in [1.29, 1.82) is 0 Å². The molecular formula is C19H22N4O10. The molecule has 1 aliphatic heterocycles. The molecule has 5 atom stereocenters. The molecule has 0 aromatic carbocycles. The molecular weight excluding hydrogens is 444 g/mol. The van der Waals surface area contributed by atoms with Crippen LogP contribution in [0.5, 0.6) is 0 Å². The topological polar surface area (TPSA) is 178 Å². The molecule has 0 unspecified atom stereocenters. The fourth-order valence-corrected chi connectivity index (χ4v) is 3.46. The van der Waals surface area contributed by atoms with Crippen molar-refractivity contribution in [3.05, 3.63) is 22.9 Å². The summed E-state index contributed by atoms with van der Waals surface area (Å²) in [5.74, 6) is -2.97. The molecule has 0 amide bonds. The molecule has 0 saturated carbocycles. The SMILES string of the molecule is CC(=O)OC[C@@H]1O[C@H](n2cnc3[nH]ncc3c2=O)[C@H](OC(C)=O)[C@H](OC(C)=O)[C@@H]1OC(C)=O. The highest BCUT2D eigenvalue weighted by Crippen LogP contribution is 2.34. The van der Waals surface area contributed by atoms with Crippen molar-refractivity contribution in [2.45, 2.75) is 58.3 Å². The van der Waals surface area contributed by atoms with E-state index in [0.29, 0.717) is 0 Å². The third-order valence-corrected chi connectivity index (χ3v) is 4.64. The smallest absolute Gasteiger partial charge is 0.303 e. The number of aromatic nitrogens is 4. The molecule has 0 spiro atoms. The Hall–Kier alpha value is -3.81. The average Bonchev–Trinajstić information content (AvgIpc) is 3.19. The van der Waals surface area contributed by atoms with Crippen LogP contribution in [0.15, 0.2) is 17.3 Å². The molecule has 1 N–H and O–H groups in total. The van der Waals surface area contributed by atoms with Gasteiger partial charge < -0.3 is 23.7 Å². The summed E-state index contributed by atoms with van der Waals surface area (Å²) in [5, 5.41) is 6.44. The summed E-state index contributed by atoms with van der Waals surface area (Å²) >= 11 is 0. The second-order valence-corrected chi connectivity index (χ2v) is 7.18. The van der Waals surface area contributed by atoms with Gasteiger partial charge in [0.2, 0.25) is 0 Å². The highest BCUT2D eigenvalue weighted by atomic mass is 16.7. The summed E-state index contributed by atoms with van der Waals surface area (Å²) in [6, 6.07) is 0. The van der Waals surface area contributed by atoms with Crippen molar-refractivity contribution in [2.24, 2.45) is 0 Å². The molecule has 2 aromatic heterocycles. The summed E-state index contributed by atoms with van der Waals surface area (Å²) in [4.78, 5) is 64.1. The van der Waals surface area contributed by atoms with E-state index in [9.17, 15) is 24.0 Å². The van der Waals surface area contributed by atoms with E-state index in [4.69, 9.17) is 23.7 Å². The number of aromatic amines is 1. The highest BCUT2D eigenvalue weighted by molar-refractivity contribution is 5.72. The van der Waals surface area contributed by atoms with Crippen LogP contribution < -0.4 is 5.56 Å². The van der Waals surface area contributed by atoms with Gasteiger partial charge in [-0.15, -0.1) is 0 Å². The standard InChI is InChI=1S/C19H22N4O10/c1-8(24)29-6-13-14(30-9(2)25)15(31-10(3)26)16(32-11(4)27)19(33-13)23-7-20-17-12(18(23)28)5-21-22-17/h5,7,13-16,19H,6H2,1-4H3,(H,21,22)/t13-,14+,15+,16+,19-/m0/s1. The van der Waals surface area contributed by atoms with Gasteiger partial charge in [-0.25, -0.2) is 4.98 Å². The van der Waals surface area contributed by atoms with Gasteiger partial charge in [-0.1, -0.05) is 0 Å². The summed E-state index contributed by atoms with van der Waals surface area (Å²) in [6.07, 6.45) is -4.34. The quantitative estimate of drug-likeness (QED) is 0.422. The van der Waals surface area contributed by atoms with Crippen LogP contribution >= 0.6 is 0 Å². The van der Waals surface area contributed by atoms with Gasteiger partial charge in [-0.05, 0) is 0 Å². The van der Waals surface area contributed by atoms with Gasteiger partial charge in [0.05, 0.1) is 6.20 Å². The molecule has 1 fully saturated rings. The molecule has 3 rings (SSSR count). The van der Waals surface area contributed by atoms with Crippen LogP contribution in [0.25, 0.3) is 11.0 Å². The Labute approximate surface area is 186 Å². The first-order chi connectivity index (χ1) is 15.6. The Kier molecular flexibility index (Phi) is 7.06. The predicted molar refractivity (Wildman–Crippen MR) is 105 cm³/mol. The number of nitrogens with zero attached hydrogens (tertiary/aromatic N) is 3. The Balaban J connectivity index is 2.13. The minimum Gasteiger partial charge on any atom is -0.463 e. The Bertz CT molecular complexity index is 1130. The van der Waals surface area contributed by atoms with Crippen molar-refractivity contribution < 1.29 is 42.9 Å². The number of fused-ring (bicyclic) bond motifs is 1. The maximum absolute atomic E-state index is 13.0. The fourth-order valence-electron chi connectivity index (χ4n) is 3.46. The van der Waals surface area contributed by atoms with Gasteiger partial charge in [0.1, 0.15) is 24.4 Å². The van der Waals surface area contributed by atoms with Crippen LogP contribution in [0.4, 0.5) is 0 Å². The van der Waals surface area contributed by atoms with Crippen molar-refractivity contribution in [1.82, 2.24) is 19.7 Å². The number of nitrogens with one attached hydrogen (secondary N) is 1. The Morgan fingerprint density at radius 2 is 1.58 bits per heavy atom. The van der Waals surface area contributed by atoms with Gasteiger partial charge in [0.15, 0.2) is 30.2 Å². The number of carbonyl (C=O) groups is 4. The van der Waals surface area contributed by atoms with Crippen LogP contribution in [0.3, 0.4) is 0 Å². The predicted octanol–water partition coefficient (Wildman–Crippen LogP) is -0.625. The lowest BCUT2D eigenvalue weighted by atomic mass is 9.97. The summed E-state index contributed by atoms with van der Waals surface area (Å²) in [5.41, 5.74) is -0.392. The maximum Gasteiger partial charge on any atom is 0.303 e. The van der Waals surface area contributed by atoms with Crippen molar-refractivity contribution in [3.8, 4) is 0 Å². The van der Waals surface area contributed by atoms with E-state index in [-0.39, 0.29) is 11.0 Å². The highest BCUT2D eigenvalue weighted by Gasteiger charge is 2.53. The number of H-pyrrole nitrogens is 1. The van der Waals surface area contributed by atoms with Crippen LogP contribution in [-0.2, 0) is 42.9 Å². The van der Waals surface area contributed by atoms with E-state index >= 15 is 0 Å². The maximum atomic E-state index is 13.0. The molecule has 3 heterocycles. The van der Waals surface area contributed by atoms with Crippen molar-refractivity contribution >= 4 is 34.9 Å². The third kappa shape index (κ3) is 5.34. The number of ether oxygens (including phenoxy) is 5. The molecule has 0 radical (unpaired) electrons. The molecule has 14 nitrogen and oxygen atoms in total. The molecule has 0 bridgehead atoms. The van der Waals surface area contributed by atoms with Gasteiger partial charge in [-0.2, -0.15) is 5.10 Å². The van der Waals surface area contributed by atoms with E-state index in [2.05, 4.69) is 15.2 Å². The van der Waals surface area contributed by atoms with E-state index in [0.717, 1.165) is 38.6 Å². The van der Waals surface area contributed by atoms with Crippen LogP contribution in [-0.4, -0.2) is 74.6 Å². The van der Waals surface area contributed by atoms with Gasteiger partial charge in [0, 0.05) is 27.7 Å².